The van der Waals surface area contributed by atoms with Crippen molar-refractivity contribution in [2.24, 2.45) is 5.92 Å². The van der Waals surface area contributed by atoms with Gasteiger partial charge in [-0.1, -0.05) is 91.9 Å². The van der Waals surface area contributed by atoms with Gasteiger partial charge in [0, 0.05) is 44.0 Å². The molecule has 4 aliphatic rings. The van der Waals surface area contributed by atoms with Crippen molar-refractivity contribution < 1.29 is 33.6 Å². The van der Waals surface area contributed by atoms with Gasteiger partial charge in [-0.2, -0.15) is 0 Å². The fourth-order valence-electron chi connectivity index (χ4n) is 7.76. The quantitative estimate of drug-likeness (QED) is 0.219. The number of aliphatic hydroxyl groups excluding tert-OH is 1. The summed E-state index contributed by atoms with van der Waals surface area (Å²) in [6.45, 7) is 6.22. The number of nitrogens with zero attached hydrogens (tertiary/aromatic N) is 2. The van der Waals surface area contributed by atoms with Crippen LogP contribution in [-0.4, -0.2) is 71.5 Å². The van der Waals surface area contributed by atoms with Crippen LogP contribution in [0.15, 0.2) is 97.1 Å². The molecule has 0 bridgehead atoms. The predicted octanol–water partition coefficient (Wildman–Crippen LogP) is 6.27. The summed E-state index contributed by atoms with van der Waals surface area (Å²) in [6.07, 6.45) is 0.811. The van der Waals surface area contributed by atoms with Crippen molar-refractivity contribution in [2.45, 2.75) is 57.2 Å². The number of hydrogen-bond donors (Lipinski definition) is 1. The van der Waals surface area contributed by atoms with Crippen molar-refractivity contribution in [3.05, 3.63) is 130 Å². The van der Waals surface area contributed by atoms with Crippen molar-refractivity contribution >= 4 is 11.8 Å². The highest BCUT2D eigenvalue weighted by atomic mass is 16.7. The van der Waals surface area contributed by atoms with Gasteiger partial charge < -0.3 is 29.0 Å². The van der Waals surface area contributed by atoms with E-state index in [-0.39, 0.29) is 43.1 Å². The third kappa shape index (κ3) is 6.30. The van der Waals surface area contributed by atoms with Crippen LogP contribution in [0.25, 0.3) is 11.1 Å². The van der Waals surface area contributed by atoms with Crippen LogP contribution >= 0.6 is 0 Å². The molecule has 4 unspecified atom stereocenters. The summed E-state index contributed by atoms with van der Waals surface area (Å²) in [5.41, 5.74) is 6.52. The number of hydrogen-bond acceptors (Lipinski definition) is 8. The largest absolute Gasteiger partial charge is 0.392 e. The lowest BCUT2D eigenvalue weighted by Crippen LogP contribution is -2.50. The van der Waals surface area contributed by atoms with Crippen LogP contribution in [0.1, 0.15) is 75.1 Å². The zero-order chi connectivity index (χ0) is 34.2. The van der Waals surface area contributed by atoms with Gasteiger partial charge in [-0.15, -0.1) is 0 Å². The number of fused-ring (bicyclic) bond motifs is 1. The van der Waals surface area contributed by atoms with Gasteiger partial charge in [0.25, 0.3) is 11.8 Å². The molecule has 9 heteroatoms. The molecule has 2 amide bonds. The van der Waals surface area contributed by atoms with Gasteiger partial charge >= 0.3 is 0 Å². The molecule has 3 fully saturated rings. The van der Waals surface area contributed by atoms with E-state index in [1.807, 2.05) is 72.8 Å². The standard InChI is InChI=1S/C41H42N2O7/c1-27-36(25-42-20-18-41(19-21-42)47-22-23-48-41)49-40(50-37(27)30-12-10-28(26-44)11-13-30)31-16-14-29(15-17-31)33-7-3-2-6-32(33)24-43-38(45)34-8-4-5-9-35(34)39(43)46/h2-17,27,36-37,40,44H,18-26H2,1H3. The number of carbonyl (C=O) groups is 2. The molecule has 0 aromatic heterocycles. The number of amides is 2. The molecule has 4 atom stereocenters. The van der Waals surface area contributed by atoms with Gasteiger partial charge in [-0.05, 0) is 39.9 Å². The first kappa shape index (κ1) is 33.0. The van der Waals surface area contributed by atoms with Crippen LogP contribution in [-0.2, 0) is 32.1 Å². The smallest absolute Gasteiger partial charge is 0.261 e. The van der Waals surface area contributed by atoms with E-state index in [0.29, 0.717) is 24.3 Å². The molecule has 50 heavy (non-hydrogen) atoms. The lowest BCUT2D eigenvalue weighted by atomic mass is 9.89. The third-order valence-corrected chi connectivity index (χ3v) is 10.7. The van der Waals surface area contributed by atoms with Crippen molar-refractivity contribution in [3.63, 3.8) is 0 Å². The number of ether oxygens (including phenoxy) is 4. The van der Waals surface area contributed by atoms with Crippen molar-refractivity contribution in [1.29, 1.82) is 0 Å². The van der Waals surface area contributed by atoms with Crippen LogP contribution in [0.5, 0.6) is 0 Å². The molecule has 0 radical (unpaired) electrons. The van der Waals surface area contributed by atoms with E-state index in [9.17, 15) is 14.7 Å². The molecule has 4 heterocycles. The molecule has 0 aliphatic carbocycles. The van der Waals surface area contributed by atoms with Gasteiger partial charge in [-0.25, -0.2) is 0 Å². The predicted molar refractivity (Wildman–Crippen MR) is 186 cm³/mol. The molecule has 4 aromatic carbocycles. The number of likely N-dealkylation sites (tertiary alicyclic amines) is 1. The van der Waals surface area contributed by atoms with Gasteiger partial charge in [0.2, 0.25) is 0 Å². The maximum absolute atomic E-state index is 13.1. The highest BCUT2D eigenvalue weighted by Crippen LogP contribution is 2.43. The van der Waals surface area contributed by atoms with Gasteiger partial charge in [0.05, 0.1) is 49.7 Å². The summed E-state index contributed by atoms with van der Waals surface area (Å²) in [5.74, 6) is -0.885. The van der Waals surface area contributed by atoms with Crippen LogP contribution in [0.2, 0.25) is 0 Å². The first-order valence-corrected chi connectivity index (χ1v) is 17.6. The summed E-state index contributed by atoms with van der Waals surface area (Å²) in [6, 6.07) is 31.0. The van der Waals surface area contributed by atoms with Crippen LogP contribution in [0.4, 0.5) is 0 Å². The molecule has 258 valence electrons. The number of rotatable bonds is 8. The molecule has 8 rings (SSSR count). The van der Waals surface area contributed by atoms with E-state index < -0.39 is 12.1 Å². The zero-order valence-electron chi connectivity index (χ0n) is 28.2. The summed E-state index contributed by atoms with van der Waals surface area (Å²) in [7, 11) is 0. The van der Waals surface area contributed by atoms with Crippen molar-refractivity contribution in [3.8, 4) is 11.1 Å². The minimum atomic E-state index is -0.584. The lowest BCUT2D eigenvalue weighted by Gasteiger charge is -2.44. The third-order valence-electron chi connectivity index (χ3n) is 10.7. The van der Waals surface area contributed by atoms with E-state index in [4.69, 9.17) is 18.9 Å². The normalized spacial score (nSPS) is 25.0. The van der Waals surface area contributed by atoms with E-state index >= 15 is 0 Å². The maximum atomic E-state index is 13.1. The summed E-state index contributed by atoms with van der Waals surface area (Å²) < 4.78 is 25.4. The highest BCUT2D eigenvalue weighted by molar-refractivity contribution is 6.21. The SMILES string of the molecule is CC1C(CN2CCC3(CC2)OCCO3)OC(c2ccc(-c3ccccc3CN3C(=O)c4ccccc4C3=O)cc2)OC1c1ccc(CO)cc1. The molecule has 4 aromatic rings. The van der Waals surface area contributed by atoms with E-state index in [0.717, 1.165) is 65.9 Å². The molecule has 9 nitrogen and oxygen atoms in total. The first-order chi connectivity index (χ1) is 24.4. The second-order valence-electron chi connectivity index (χ2n) is 13.8. The average Bonchev–Trinajstić information content (AvgIpc) is 3.72. The Hall–Kier alpha value is -4.22. The second kappa shape index (κ2) is 13.8. The fourth-order valence-corrected chi connectivity index (χ4v) is 7.76. The Bertz CT molecular complexity index is 1810. The Morgan fingerprint density at radius 1 is 0.740 bits per heavy atom. The molecule has 0 saturated carbocycles. The van der Waals surface area contributed by atoms with E-state index in [1.165, 1.54) is 4.90 Å². The molecular formula is C41H42N2O7. The Kier molecular flexibility index (Phi) is 9.11. The number of aliphatic hydroxyl groups is 1. The van der Waals surface area contributed by atoms with Crippen LogP contribution in [0, 0.1) is 5.92 Å². The van der Waals surface area contributed by atoms with Crippen LogP contribution in [0.3, 0.4) is 0 Å². The summed E-state index contributed by atoms with van der Waals surface area (Å²) in [5, 5.41) is 9.63. The number of piperidine rings is 1. The maximum Gasteiger partial charge on any atom is 0.261 e. The monoisotopic (exact) mass is 674 g/mol. The molecule has 3 saturated heterocycles. The zero-order valence-corrected chi connectivity index (χ0v) is 28.2. The van der Waals surface area contributed by atoms with Gasteiger partial charge in [-0.3, -0.25) is 14.5 Å². The average molecular weight is 675 g/mol. The van der Waals surface area contributed by atoms with Gasteiger partial charge in [0.1, 0.15) is 0 Å². The molecular weight excluding hydrogens is 632 g/mol. The van der Waals surface area contributed by atoms with E-state index in [1.54, 1.807) is 24.3 Å². The summed E-state index contributed by atoms with van der Waals surface area (Å²) in [4.78, 5) is 30.0. The molecule has 1 N–H and O–H groups in total. The second-order valence-corrected chi connectivity index (χ2v) is 13.8. The van der Waals surface area contributed by atoms with Crippen molar-refractivity contribution in [2.75, 3.05) is 32.8 Å². The fraction of sp³-hybridized carbons (Fsp3) is 0.366. The Morgan fingerprint density at radius 3 is 1.98 bits per heavy atom. The Morgan fingerprint density at radius 2 is 1.34 bits per heavy atom. The summed E-state index contributed by atoms with van der Waals surface area (Å²) >= 11 is 0. The molecule has 1 spiro atoms. The number of imide groups is 1. The van der Waals surface area contributed by atoms with E-state index in [2.05, 4.69) is 11.8 Å². The number of benzene rings is 4. The minimum Gasteiger partial charge on any atom is -0.392 e. The minimum absolute atomic E-state index is 0.00657. The van der Waals surface area contributed by atoms with Gasteiger partial charge in [0.15, 0.2) is 12.1 Å². The van der Waals surface area contributed by atoms with Crippen molar-refractivity contribution in [1.82, 2.24) is 9.80 Å². The first-order valence-electron chi connectivity index (χ1n) is 17.6. The molecule has 4 aliphatic heterocycles. The lowest BCUT2D eigenvalue weighted by molar-refractivity contribution is -0.278. The topological polar surface area (TPSA) is 97.8 Å². The highest BCUT2D eigenvalue weighted by Gasteiger charge is 2.43. The number of carbonyl (C=O) groups excluding carboxylic acids is 2. The Labute approximate surface area is 292 Å². The Balaban J connectivity index is 1.02. The van der Waals surface area contributed by atoms with Crippen LogP contribution < -0.4 is 0 Å².